The number of carbonyl (C=O) groups is 1. The molecule has 0 saturated carbocycles. The van der Waals surface area contributed by atoms with Crippen LogP contribution in [0.3, 0.4) is 0 Å². The van der Waals surface area contributed by atoms with Crippen LogP contribution in [0.25, 0.3) is 0 Å². The molecule has 0 unspecified atom stereocenters. The van der Waals surface area contributed by atoms with Gasteiger partial charge in [0.1, 0.15) is 17.7 Å². The third-order valence-corrected chi connectivity index (χ3v) is 2.21. The third-order valence-electron chi connectivity index (χ3n) is 2.21. The van der Waals surface area contributed by atoms with E-state index >= 15 is 0 Å². The number of rotatable bonds is 2. The summed E-state index contributed by atoms with van der Waals surface area (Å²) in [4.78, 5) is 21.4. The van der Waals surface area contributed by atoms with Crippen molar-refractivity contribution in [1.29, 1.82) is 0 Å². The zero-order chi connectivity index (χ0) is 10.7. The molecular formula is C10H11N3O2. The van der Waals surface area contributed by atoms with Crippen LogP contribution < -0.4 is 4.90 Å². The zero-order valence-electron chi connectivity index (χ0n) is 8.38. The molecule has 0 bridgehead atoms. The van der Waals surface area contributed by atoms with Gasteiger partial charge in [-0.25, -0.2) is 14.8 Å². The van der Waals surface area contributed by atoms with Gasteiger partial charge >= 0.3 is 5.97 Å². The highest BCUT2D eigenvalue weighted by Crippen LogP contribution is 2.18. The number of esters is 1. The van der Waals surface area contributed by atoms with Crippen molar-refractivity contribution in [3.05, 3.63) is 30.2 Å². The molecule has 0 spiro atoms. The molecule has 5 nitrogen and oxygen atoms in total. The molecule has 1 aliphatic heterocycles. The molecule has 1 aliphatic rings. The first-order valence-electron chi connectivity index (χ1n) is 4.61. The van der Waals surface area contributed by atoms with Gasteiger partial charge in [-0.1, -0.05) is 12.2 Å². The number of hydrogen-bond donors (Lipinski definition) is 0. The average molecular weight is 205 g/mol. The van der Waals surface area contributed by atoms with Gasteiger partial charge in [-0.2, -0.15) is 0 Å². The molecule has 1 aromatic rings. The van der Waals surface area contributed by atoms with Crippen LogP contribution in [0.15, 0.2) is 24.7 Å². The summed E-state index contributed by atoms with van der Waals surface area (Å²) in [5, 5.41) is 0. The molecule has 0 N–H and O–H groups in total. The van der Waals surface area contributed by atoms with Crippen molar-refractivity contribution >= 4 is 11.8 Å². The second-order valence-electron chi connectivity index (χ2n) is 3.13. The van der Waals surface area contributed by atoms with Crippen molar-refractivity contribution in [2.24, 2.45) is 0 Å². The molecule has 2 heterocycles. The molecule has 78 valence electrons. The van der Waals surface area contributed by atoms with Gasteiger partial charge in [0.15, 0.2) is 0 Å². The fourth-order valence-corrected chi connectivity index (χ4v) is 1.48. The van der Waals surface area contributed by atoms with Crippen LogP contribution in [-0.2, 0) is 4.74 Å². The molecule has 0 radical (unpaired) electrons. The van der Waals surface area contributed by atoms with Crippen LogP contribution in [0.2, 0.25) is 0 Å². The summed E-state index contributed by atoms with van der Waals surface area (Å²) in [5.41, 5.74) is 0.406. The molecule has 0 aromatic carbocycles. The van der Waals surface area contributed by atoms with E-state index in [1.54, 1.807) is 0 Å². The Balaban J connectivity index is 2.33. The number of anilines is 1. The van der Waals surface area contributed by atoms with Gasteiger partial charge in [0, 0.05) is 19.3 Å². The number of methoxy groups -OCH3 is 1. The highest BCUT2D eigenvalue weighted by Gasteiger charge is 2.18. The van der Waals surface area contributed by atoms with E-state index in [0.717, 1.165) is 13.1 Å². The predicted octanol–water partition coefficient (Wildman–Crippen LogP) is 0.639. The number of aromatic nitrogens is 2. The Hall–Kier alpha value is -1.91. The van der Waals surface area contributed by atoms with Gasteiger partial charge in [0.05, 0.1) is 7.11 Å². The lowest BCUT2D eigenvalue weighted by Gasteiger charge is -2.18. The van der Waals surface area contributed by atoms with Crippen LogP contribution in [0, 0.1) is 0 Å². The van der Waals surface area contributed by atoms with Crippen LogP contribution in [0.5, 0.6) is 0 Å². The number of carbonyl (C=O) groups excluding carboxylic acids is 1. The Kier molecular flexibility index (Phi) is 2.62. The van der Waals surface area contributed by atoms with Crippen LogP contribution in [-0.4, -0.2) is 36.1 Å². The normalized spacial score (nSPS) is 14.3. The van der Waals surface area contributed by atoms with Gasteiger partial charge in [0.2, 0.25) is 0 Å². The van der Waals surface area contributed by atoms with E-state index in [9.17, 15) is 4.79 Å². The van der Waals surface area contributed by atoms with E-state index in [-0.39, 0.29) is 0 Å². The minimum atomic E-state index is -0.405. The Morgan fingerprint density at radius 1 is 1.47 bits per heavy atom. The van der Waals surface area contributed by atoms with Crippen LogP contribution in [0.1, 0.15) is 10.4 Å². The monoisotopic (exact) mass is 205 g/mol. The summed E-state index contributed by atoms with van der Waals surface area (Å²) in [6, 6.07) is 0. The molecule has 15 heavy (non-hydrogen) atoms. The maximum Gasteiger partial charge on any atom is 0.343 e. The Morgan fingerprint density at radius 2 is 2.20 bits per heavy atom. The van der Waals surface area contributed by atoms with E-state index < -0.39 is 5.97 Å². The van der Waals surface area contributed by atoms with E-state index in [0.29, 0.717) is 11.4 Å². The summed E-state index contributed by atoms with van der Waals surface area (Å²) >= 11 is 0. The molecule has 0 saturated heterocycles. The Morgan fingerprint density at radius 3 is 2.87 bits per heavy atom. The number of hydrogen-bond acceptors (Lipinski definition) is 5. The SMILES string of the molecule is COC(=O)c1cncnc1N1CC=CC1. The van der Waals surface area contributed by atoms with Crippen molar-refractivity contribution < 1.29 is 9.53 Å². The summed E-state index contributed by atoms with van der Waals surface area (Å²) < 4.78 is 4.67. The second kappa shape index (κ2) is 4.08. The first-order valence-corrected chi connectivity index (χ1v) is 4.61. The van der Waals surface area contributed by atoms with Crippen molar-refractivity contribution in [2.75, 3.05) is 25.1 Å². The smallest absolute Gasteiger partial charge is 0.343 e. The van der Waals surface area contributed by atoms with Gasteiger partial charge in [-0.3, -0.25) is 0 Å². The molecule has 0 amide bonds. The highest BCUT2D eigenvalue weighted by atomic mass is 16.5. The molecule has 5 heteroatoms. The van der Waals surface area contributed by atoms with E-state index in [2.05, 4.69) is 14.7 Å². The number of ether oxygens (including phenoxy) is 1. The quantitative estimate of drug-likeness (QED) is 0.524. The zero-order valence-corrected chi connectivity index (χ0v) is 8.38. The maximum atomic E-state index is 11.4. The molecule has 2 rings (SSSR count). The second-order valence-corrected chi connectivity index (χ2v) is 3.13. The topological polar surface area (TPSA) is 55.3 Å². The summed E-state index contributed by atoms with van der Waals surface area (Å²) in [6.45, 7) is 1.53. The summed E-state index contributed by atoms with van der Waals surface area (Å²) in [6.07, 6.45) is 6.97. The lowest BCUT2D eigenvalue weighted by Crippen LogP contribution is -2.23. The standard InChI is InChI=1S/C10H11N3O2/c1-15-10(14)8-6-11-7-12-9(8)13-4-2-3-5-13/h2-3,6-7H,4-5H2,1H3. The molecule has 0 atom stereocenters. The minimum absolute atomic E-state index is 0.405. The molecule has 0 aliphatic carbocycles. The van der Waals surface area contributed by atoms with Crippen molar-refractivity contribution in [3.63, 3.8) is 0 Å². The van der Waals surface area contributed by atoms with E-state index in [4.69, 9.17) is 0 Å². The predicted molar refractivity (Wildman–Crippen MR) is 54.7 cm³/mol. The minimum Gasteiger partial charge on any atom is -0.465 e. The highest BCUT2D eigenvalue weighted by molar-refractivity contribution is 5.94. The summed E-state index contributed by atoms with van der Waals surface area (Å²) in [5.74, 6) is 0.222. The first-order chi connectivity index (χ1) is 7.33. The maximum absolute atomic E-state index is 11.4. The van der Waals surface area contributed by atoms with Crippen molar-refractivity contribution in [1.82, 2.24) is 9.97 Å². The largest absolute Gasteiger partial charge is 0.465 e. The van der Waals surface area contributed by atoms with Gasteiger partial charge in [-0.05, 0) is 0 Å². The fraction of sp³-hybridized carbons (Fsp3) is 0.300. The Bertz CT molecular complexity index is 395. The summed E-state index contributed by atoms with van der Waals surface area (Å²) in [7, 11) is 1.35. The van der Waals surface area contributed by atoms with Crippen molar-refractivity contribution in [3.8, 4) is 0 Å². The first kappa shape index (κ1) is 9.64. The number of nitrogens with zero attached hydrogens (tertiary/aromatic N) is 3. The fourth-order valence-electron chi connectivity index (χ4n) is 1.48. The van der Waals surface area contributed by atoms with Crippen molar-refractivity contribution in [2.45, 2.75) is 0 Å². The van der Waals surface area contributed by atoms with Crippen LogP contribution >= 0.6 is 0 Å². The van der Waals surface area contributed by atoms with Gasteiger partial charge < -0.3 is 9.64 Å². The molecule has 0 fully saturated rings. The Labute approximate surface area is 87.4 Å². The third kappa shape index (κ3) is 1.81. The molecular weight excluding hydrogens is 194 g/mol. The average Bonchev–Trinajstić information content (AvgIpc) is 2.81. The molecule has 1 aromatic heterocycles. The van der Waals surface area contributed by atoms with E-state index in [1.165, 1.54) is 19.6 Å². The lowest BCUT2D eigenvalue weighted by molar-refractivity contribution is 0.0600. The van der Waals surface area contributed by atoms with Gasteiger partial charge in [0.25, 0.3) is 0 Å². The van der Waals surface area contributed by atoms with Crippen LogP contribution in [0.4, 0.5) is 5.82 Å². The van der Waals surface area contributed by atoms with E-state index in [1.807, 2.05) is 17.1 Å². The van der Waals surface area contributed by atoms with Gasteiger partial charge in [-0.15, -0.1) is 0 Å². The lowest BCUT2D eigenvalue weighted by atomic mass is 10.3.